The molecule has 0 radical (unpaired) electrons. The SMILES string of the molecule is O=[N+]([O-])c1ccc(NNC2=NC(c3ccccc3)CC2)cc1. The smallest absolute Gasteiger partial charge is 0.269 e. The lowest BCUT2D eigenvalue weighted by atomic mass is 10.1. The Kier molecular flexibility index (Phi) is 4.00. The third kappa shape index (κ3) is 3.22. The van der Waals surface area contributed by atoms with Gasteiger partial charge in [0.25, 0.3) is 5.69 Å². The lowest BCUT2D eigenvalue weighted by Crippen LogP contribution is -2.27. The first kappa shape index (κ1) is 14.1. The number of hydrogen-bond acceptors (Lipinski definition) is 5. The molecule has 0 aliphatic carbocycles. The topological polar surface area (TPSA) is 79.6 Å². The molecule has 2 N–H and O–H groups in total. The van der Waals surface area contributed by atoms with E-state index in [0.29, 0.717) is 0 Å². The second-order valence-electron chi connectivity index (χ2n) is 5.09. The van der Waals surface area contributed by atoms with E-state index in [1.807, 2.05) is 18.2 Å². The van der Waals surface area contributed by atoms with Crippen LogP contribution in [0.25, 0.3) is 0 Å². The van der Waals surface area contributed by atoms with Gasteiger partial charge in [0.15, 0.2) is 0 Å². The first-order chi connectivity index (χ1) is 10.7. The van der Waals surface area contributed by atoms with Gasteiger partial charge in [0.1, 0.15) is 5.84 Å². The van der Waals surface area contributed by atoms with Gasteiger partial charge < -0.3 is 0 Å². The highest BCUT2D eigenvalue weighted by molar-refractivity contribution is 5.85. The molecule has 1 unspecified atom stereocenters. The number of aliphatic imine (C=N–C) groups is 1. The lowest BCUT2D eigenvalue weighted by molar-refractivity contribution is -0.384. The van der Waals surface area contributed by atoms with E-state index in [-0.39, 0.29) is 11.7 Å². The fraction of sp³-hybridized carbons (Fsp3) is 0.188. The van der Waals surface area contributed by atoms with Crippen LogP contribution < -0.4 is 10.9 Å². The number of nitrogens with zero attached hydrogens (tertiary/aromatic N) is 2. The summed E-state index contributed by atoms with van der Waals surface area (Å²) in [6, 6.07) is 16.7. The van der Waals surface area contributed by atoms with E-state index in [4.69, 9.17) is 0 Å². The Hall–Kier alpha value is -2.89. The zero-order valence-corrected chi connectivity index (χ0v) is 11.9. The van der Waals surface area contributed by atoms with Gasteiger partial charge in [-0.25, -0.2) is 0 Å². The van der Waals surface area contributed by atoms with Crippen molar-refractivity contribution >= 4 is 17.2 Å². The van der Waals surface area contributed by atoms with E-state index in [0.717, 1.165) is 24.4 Å². The van der Waals surface area contributed by atoms with Gasteiger partial charge in [0.2, 0.25) is 0 Å². The largest absolute Gasteiger partial charge is 0.300 e. The maximum absolute atomic E-state index is 10.6. The van der Waals surface area contributed by atoms with E-state index in [1.54, 1.807) is 12.1 Å². The van der Waals surface area contributed by atoms with Crippen molar-refractivity contribution in [3.8, 4) is 0 Å². The summed E-state index contributed by atoms with van der Waals surface area (Å²) in [4.78, 5) is 14.8. The standard InChI is InChI=1S/C16H16N4O2/c21-20(22)14-8-6-13(7-9-14)18-19-16-11-10-15(17-16)12-4-2-1-3-5-12/h1-9,15,18H,10-11H2,(H,17,19). The Bertz CT molecular complexity index is 683. The van der Waals surface area contributed by atoms with Gasteiger partial charge >= 0.3 is 0 Å². The van der Waals surface area contributed by atoms with Crippen LogP contribution in [0.2, 0.25) is 0 Å². The van der Waals surface area contributed by atoms with E-state index in [1.165, 1.54) is 17.7 Å². The number of anilines is 1. The predicted octanol–water partition coefficient (Wildman–Crippen LogP) is 3.44. The Morgan fingerprint density at radius 3 is 2.45 bits per heavy atom. The fourth-order valence-corrected chi connectivity index (χ4v) is 2.41. The van der Waals surface area contributed by atoms with Crippen molar-refractivity contribution < 1.29 is 4.92 Å². The minimum Gasteiger partial charge on any atom is -0.300 e. The van der Waals surface area contributed by atoms with Crippen LogP contribution in [0.1, 0.15) is 24.4 Å². The molecule has 0 amide bonds. The predicted molar refractivity (Wildman–Crippen MR) is 85.7 cm³/mol. The van der Waals surface area contributed by atoms with Crippen LogP contribution >= 0.6 is 0 Å². The summed E-state index contributed by atoms with van der Waals surface area (Å²) in [5.74, 6) is 0.896. The summed E-state index contributed by atoms with van der Waals surface area (Å²) in [5, 5.41) is 10.6. The van der Waals surface area contributed by atoms with Gasteiger partial charge in [-0.2, -0.15) is 0 Å². The molecule has 0 saturated heterocycles. The van der Waals surface area contributed by atoms with Gasteiger partial charge in [-0.3, -0.25) is 26.0 Å². The summed E-state index contributed by atoms with van der Waals surface area (Å²) < 4.78 is 0. The summed E-state index contributed by atoms with van der Waals surface area (Å²) in [5.41, 5.74) is 8.15. The quantitative estimate of drug-likeness (QED) is 0.669. The zero-order valence-electron chi connectivity index (χ0n) is 11.9. The van der Waals surface area contributed by atoms with Crippen LogP contribution in [0, 0.1) is 10.1 Å². The first-order valence-corrected chi connectivity index (χ1v) is 7.10. The van der Waals surface area contributed by atoms with E-state index >= 15 is 0 Å². The van der Waals surface area contributed by atoms with Crippen molar-refractivity contribution in [2.75, 3.05) is 5.43 Å². The highest BCUT2D eigenvalue weighted by Crippen LogP contribution is 2.27. The minimum atomic E-state index is -0.414. The number of hydrogen-bond donors (Lipinski definition) is 2. The maximum Gasteiger partial charge on any atom is 0.269 e. The van der Waals surface area contributed by atoms with Crippen LogP contribution in [0.5, 0.6) is 0 Å². The van der Waals surface area contributed by atoms with Gasteiger partial charge in [0, 0.05) is 18.6 Å². The molecule has 112 valence electrons. The summed E-state index contributed by atoms with van der Waals surface area (Å²) in [6.45, 7) is 0. The summed E-state index contributed by atoms with van der Waals surface area (Å²) in [6.07, 6.45) is 1.85. The molecule has 6 heteroatoms. The normalized spacial score (nSPS) is 16.9. The highest BCUT2D eigenvalue weighted by Gasteiger charge is 2.18. The average Bonchev–Trinajstić information content (AvgIpc) is 3.03. The van der Waals surface area contributed by atoms with Crippen LogP contribution in [-0.4, -0.2) is 10.8 Å². The Morgan fingerprint density at radius 1 is 1.05 bits per heavy atom. The van der Waals surface area contributed by atoms with Gasteiger partial charge in [0.05, 0.1) is 16.7 Å². The molecule has 1 atom stereocenters. The van der Waals surface area contributed by atoms with Crippen LogP contribution in [0.15, 0.2) is 59.6 Å². The van der Waals surface area contributed by atoms with Crippen molar-refractivity contribution in [3.05, 3.63) is 70.3 Å². The molecule has 6 nitrogen and oxygen atoms in total. The Morgan fingerprint density at radius 2 is 1.77 bits per heavy atom. The average molecular weight is 296 g/mol. The molecule has 0 saturated carbocycles. The zero-order chi connectivity index (χ0) is 15.4. The molecule has 1 aliphatic heterocycles. The number of nitro groups is 1. The lowest BCUT2D eigenvalue weighted by Gasteiger charge is -2.08. The molecular weight excluding hydrogens is 280 g/mol. The van der Waals surface area contributed by atoms with Crippen molar-refractivity contribution in [1.82, 2.24) is 5.43 Å². The number of non-ortho nitro benzene ring substituents is 1. The second-order valence-corrected chi connectivity index (χ2v) is 5.09. The number of hydrazine groups is 1. The monoisotopic (exact) mass is 296 g/mol. The summed E-state index contributed by atoms with van der Waals surface area (Å²) >= 11 is 0. The van der Waals surface area contributed by atoms with Crippen molar-refractivity contribution in [2.45, 2.75) is 18.9 Å². The van der Waals surface area contributed by atoms with Crippen molar-refractivity contribution in [1.29, 1.82) is 0 Å². The Balaban J connectivity index is 1.59. The molecule has 0 aromatic heterocycles. The van der Waals surface area contributed by atoms with E-state index in [9.17, 15) is 10.1 Å². The van der Waals surface area contributed by atoms with E-state index in [2.05, 4.69) is 28.0 Å². The molecule has 3 rings (SSSR count). The van der Waals surface area contributed by atoms with Crippen LogP contribution in [-0.2, 0) is 0 Å². The van der Waals surface area contributed by atoms with Crippen LogP contribution in [0.3, 0.4) is 0 Å². The second kappa shape index (κ2) is 6.26. The number of nitrogens with one attached hydrogen (secondary N) is 2. The molecule has 1 heterocycles. The molecule has 0 bridgehead atoms. The molecule has 0 spiro atoms. The molecular formula is C16H16N4O2. The summed E-state index contributed by atoms with van der Waals surface area (Å²) in [7, 11) is 0. The molecule has 0 fully saturated rings. The van der Waals surface area contributed by atoms with Gasteiger partial charge in [-0.1, -0.05) is 30.3 Å². The number of amidine groups is 1. The van der Waals surface area contributed by atoms with Gasteiger partial charge in [-0.15, -0.1) is 0 Å². The van der Waals surface area contributed by atoms with Crippen LogP contribution in [0.4, 0.5) is 11.4 Å². The van der Waals surface area contributed by atoms with Gasteiger partial charge in [-0.05, 0) is 24.1 Å². The maximum atomic E-state index is 10.6. The molecule has 2 aromatic rings. The third-order valence-corrected chi connectivity index (χ3v) is 3.58. The number of nitro benzene ring substituents is 1. The Labute approximate surface area is 128 Å². The van der Waals surface area contributed by atoms with Crippen molar-refractivity contribution in [2.24, 2.45) is 4.99 Å². The van der Waals surface area contributed by atoms with Crippen molar-refractivity contribution in [3.63, 3.8) is 0 Å². The first-order valence-electron chi connectivity index (χ1n) is 7.10. The highest BCUT2D eigenvalue weighted by atomic mass is 16.6. The molecule has 22 heavy (non-hydrogen) atoms. The van der Waals surface area contributed by atoms with E-state index < -0.39 is 4.92 Å². The third-order valence-electron chi connectivity index (χ3n) is 3.58. The minimum absolute atomic E-state index is 0.0768. The molecule has 2 aromatic carbocycles. The number of benzene rings is 2. The fourth-order valence-electron chi connectivity index (χ4n) is 2.41. The molecule has 1 aliphatic rings. The number of rotatable bonds is 4.